The minimum absolute atomic E-state index is 0.0162. The fourth-order valence-corrected chi connectivity index (χ4v) is 2.70. The molecule has 1 aliphatic rings. The van der Waals surface area contributed by atoms with Crippen LogP contribution in [0.2, 0.25) is 0 Å². The van der Waals surface area contributed by atoms with Gasteiger partial charge in [0.1, 0.15) is 11.9 Å². The van der Waals surface area contributed by atoms with E-state index in [0.29, 0.717) is 29.0 Å². The Morgan fingerprint density at radius 2 is 1.95 bits per heavy atom. The molecular formula is C17H25NO3. The monoisotopic (exact) mass is 291 g/mol. The molecular weight excluding hydrogens is 266 g/mol. The third-order valence-electron chi connectivity index (χ3n) is 4.04. The number of hydrogen-bond acceptors (Lipinski definition) is 4. The fraction of sp³-hybridized carbons (Fsp3) is 0.588. The van der Waals surface area contributed by atoms with Crippen LogP contribution >= 0.6 is 0 Å². The highest BCUT2D eigenvalue weighted by atomic mass is 16.5. The number of esters is 1. The van der Waals surface area contributed by atoms with Crippen molar-refractivity contribution in [2.75, 3.05) is 12.3 Å². The Morgan fingerprint density at radius 1 is 1.29 bits per heavy atom. The van der Waals surface area contributed by atoms with Crippen LogP contribution in [-0.4, -0.2) is 18.7 Å². The van der Waals surface area contributed by atoms with Crippen LogP contribution in [0.5, 0.6) is 5.75 Å². The summed E-state index contributed by atoms with van der Waals surface area (Å²) in [5.74, 6) is 0.294. The van der Waals surface area contributed by atoms with E-state index in [1.54, 1.807) is 18.2 Å². The van der Waals surface area contributed by atoms with Gasteiger partial charge >= 0.3 is 5.97 Å². The van der Waals surface area contributed by atoms with E-state index in [-0.39, 0.29) is 12.1 Å². The molecule has 0 bridgehead atoms. The molecule has 0 unspecified atom stereocenters. The summed E-state index contributed by atoms with van der Waals surface area (Å²) in [6.45, 7) is 6.95. The molecule has 0 radical (unpaired) electrons. The summed E-state index contributed by atoms with van der Waals surface area (Å²) in [5, 5.41) is 0. The molecule has 0 aromatic heterocycles. The molecule has 0 amide bonds. The van der Waals surface area contributed by atoms with Crippen LogP contribution in [-0.2, 0) is 4.74 Å². The molecule has 4 heteroatoms. The average molecular weight is 291 g/mol. The number of nitrogen functional groups attached to an aromatic ring is 1. The number of benzene rings is 1. The third kappa shape index (κ3) is 4.38. The second-order valence-corrected chi connectivity index (χ2v) is 6.49. The summed E-state index contributed by atoms with van der Waals surface area (Å²) in [4.78, 5) is 12.2. The maximum absolute atomic E-state index is 12.2. The molecule has 0 saturated heterocycles. The van der Waals surface area contributed by atoms with Crippen LogP contribution in [0, 0.1) is 5.41 Å². The molecule has 4 nitrogen and oxygen atoms in total. The van der Waals surface area contributed by atoms with Crippen LogP contribution in [0.15, 0.2) is 18.2 Å². The first-order valence-corrected chi connectivity index (χ1v) is 7.64. The number of carbonyl (C=O) groups excluding carboxylic acids is 1. The lowest BCUT2D eigenvalue weighted by molar-refractivity contribution is 0.00948. The van der Waals surface area contributed by atoms with Gasteiger partial charge in [0.05, 0.1) is 12.2 Å². The van der Waals surface area contributed by atoms with Gasteiger partial charge in [0.2, 0.25) is 0 Å². The van der Waals surface area contributed by atoms with Crippen LogP contribution in [0.3, 0.4) is 0 Å². The number of carbonyl (C=O) groups is 1. The zero-order valence-electron chi connectivity index (χ0n) is 13.1. The van der Waals surface area contributed by atoms with Crippen LogP contribution < -0.4 is 10.5 Å². The van der Waals surface area contributed by atoms with E-state index in [0.717, 1.165) is 25.7 Å². The predicted octanol–water partition coefficient (Wildman–Crippen LogP) is 3.79. The van der Waals surface area contributed by atoms with Crippen molar-refractivity contribution < 1.29 is 14.3 Å². The van der Waals surface area contributed by atoms with Gasteiger partial charge in [0, 0.05) is 11.8 Å². The molecule has 1 aliphatic carbocycles. The maximum atomic E-state index is 12.2. The Kier molecular flexibility index (Phi) is 4.76. The van der Waals surface area contributed by atoms with Gasteiger partial charge in [-0.25, -0.2) is 4.79 Å². The van der Waals surface area contributed by atoms with Gasteiger partial charge in [-0.15, -0.1) is 0 Å². The first-order valence-electron chi connectivity index (χ1n) is 7.64. The van der Waals surface area contributed by atoms with E-state index < -0.39 is 0 Å². The molecule has 2 rings (SSSR count). The quantitative estimate of drug-likeness (QED) is 0.677. The van der Waals surface area contributed by atoms with Crippen LogP contribution in [0.4, 0.5) is 5.69 Å². The number of nitrogens with two attached hydrogens (primary N) is 1. The molecule has 1 aromatic carbocycles. The normalized spacial score (nSPS) is 18.2. The first-order chi connectivity index (χ1) is 9.89. The second kappa shape index (κ2) is 6.37. The maximum Gasteiger partial charge on any atom is 0.338 e. The van der Waals surface area contributed by atoms with Gasteiger partial charge in [-0.2, -0.15) is 0 Å². The first kappa shape index (κ1) is 15.7. The standard InChI is InChI=1S/C17H25NO3/c1-4-20-15-10-12(9-13(18)11-15)16(19)21-14-5-7-17(2,3)8-6-14/h9-11,14H,4-8,18H2,1-3H3. The Bertz CT molecular complexity index is 501. The van der Waals surface area contributed by atoms with Gasteiger partial charge in [0.15, 0.2) is 0 Å². The predicted molar refractivity (Wildman–Crippen MR) is 83.5 cm³/mol. The van der Waals surface area contributed by atoms with E-state index in [1.807, 2.05) is 6.92 Å². The van der Waals surface area contributed by atoms with E-state index in [4.69, 9.17) is 15.2 Å². The van der Waals surface area contributed by atoms with Crippen molar-refractivity contribution in [1.29, 1.82) is 0 Å². The Hall–Kier alpha value is -1.71. The molecule has 0 aliphatic heterocycles. The van der Waals surface area contributed by atoms with Gasteiger partial charge in [-0.05, 0) is 50.2 Å². The summed E-state index contributed by atoms with van der Waals surface area (Å²) in [6, 6.07) is 5.04. The molecule has 1 aromatic rings. The topological polar surface area (TPSA) is 61.5 Å². The molecule has 116 valence electrons. The fourth-order valence-electron chi connectivity index (χ4n) is 2.70. The van der Waals surface area contributed by atoms with Crippen LogP contribution in [0.1, 0.15) is 56.8 Å². The van der Waals surface area contributed by atoms with Gasteiger partial charge in [-0.3, -0.25) is 0 Å². The lowest BCUT2D eigenvalue weighted by Crippen LogP contribution is -2.28. The number of hydrogen-bond donors (Lipinski definition) is 1. The minimum atomic E-state index is -0.312. The van der Waals surface area contributed by atoms with Crippen molar-refractivity contribution in [1.82, 2.24) is 0 Å². The van der Waals surface area contributed by atoms with Crippen molar-refractivity contribution in [3.63, 3.8) is 0 Å². The molecule has 1 fully saturated rings. The second-order valence-electron chi connectivity index (χ2n) is 6.49. The summed E-state index contributed by atoms with van der Waals surface area (Å²) in [7, 11) is 0. The highest BCUT2D eigenvalue weighted by Gasteiger charge is 2.29. The van der Waals surface area contributed by atoms with Crippen molar-refractivity contribution in [2.45, 2.75) is 52.6 Å². The van der Waals surface area contributed by atoms with Crippen molar-refractivity contribution >= 4 is 11.7 Å². The zero-order valence-corrected chi connectivity index (χ0v) is 13.1. The molecule has 0 atom stereocenters. The zero-order chi connectivity index (χ0) is 15.5. The SMILES string of the molecule is CCOc1cc(N)cc(C(=O)OC2CCC(C)(C)CC2)c1. The number of anilines is 1. The van der Waals surface area contributed by atoms with E-state index in [9.17, 15) is 4.79 Å². The molecule has 1 saturated carbocycles. The summed E-state index contributed by atoms with van der Waals surface area (Å²) >= 11 is 0. The van der Waals surface area contributed by atoms with Crippen molar-refractivity contribution in [3.05, 3.63) is 23.8 Å². The van der Waals surface area contributed by atoms with Crippen LogP contribution in [0.25, 0.3) is 0 Å². The number of ether oxygens (including phenoxy) is 2. The van der Waals surface area contributed by atoms with Gasteiger partial charge < -0.3 is 15.2 Å². The molecule has 21 heavy (non-hydrogen) atoms. The molecule has 2 N–H and O–H groups in total. The third-order valence-corrected chi connectivity index (χ3v) is 4.04. The average Bonchev–Trinajstić information content (AvgIpc) is 2.41. The lowest BCUT2D eigenvalue weighted by Gasteiger charge is -2.33. The number of rotatable bonds is 4. The van der Waals surface area contributed by atoms with E-state index in [2.05, 4.69) is 13.8 Å². The molecule has 0 heterocycles. The Labute approximate surface area is 126 Å². The van der Waals surface area contributed by atoms with E-state index >= 15 is 0 Å². The van der Waals surface area contributed by atoms with Gasteiger partial charge in [-0.1, -0.05) is 13.8 Å². The van der Waals surface area contributed by atoms with Gasteiger partial charge in [0.25, 0.3) is 0 Å². The highest BCUT2D eigenvalue weighted by molar-refractivity contribution is 5.91. The van der Waals surface area contributed by atoms with Crippen molar-refractivity contribution in [2.24, 2.45) is 5.41 Å². The lowest BCUT2D eigenvalue weighted by atomic mass is 9.76. The van der Waals surface area contributed by atoms with Crippen molar-refractivity contribution in [3.8, 4) is 5.75 Å². The summed E-state index contributed by atoms with van der Waals surface area (Å²) < 4.78 is 11.0. The minimum Gasteiger partial charge on any atom is -0.494 e. The van der Waals surface area contributed by atoms with E-state index in [1.165, 1.54) is 0 Å². The Balaban J connectivity index is 2.00. The smallest absolute Gasteiger partial charge is 0.338 e. The molecule has 0 spiro atoms. The highest BCUT2D eigenvalue weighted by Crippen LogP contribution is 2.36. The summed E-state index contributed by atoms with van der Waals surface area (Å²) in [6.07, 6.45) is 4.05. The summed E-state index contributed by atoms with van der Waals surface area (Å²) in [5.41, 5.74) is 7.14. The Morgan fingerprint density at radius 3 is 2.57 bits per heavy atom. The largest absolute Gasteiger partial charge is 0.494 e.